The van der Waals surface area contributed by atoms with Crippen LogP contribution in [0.1, 0.15) is 73.1 Å². The van der Waals surface area contributed by atoms with E-state index in [-0.39, 0.29) is 6.09 Å². The van der Waals surface area contributed by atoms with Crippen molar-refractivity contribution in [2.45, 2.75) is 84.8 Å². The topological polar surface area (TPSA) is 41.6 Å². The van der Waals surface area contributed by atoms with Crippen molar-refractivity contribution in [1.82, 2.24) is 10.2 Å². The molecule has 0 bridgehead atoms. The summed E-state index contributed by atoms with van der Waals surface area (Å²) in [6.45, 7) is 12.5. The van der Waals surface area contributed by atoms with Crippen molar-refractivity contribution in [3.05, 3.63) is 0 Å². The number of amides is 1. The fraction of sp³-hybridized carbons (Fsp3) is 0.944. The average Bonchev–Trinajstić information content (AvgIpc) is 2.45. The molecule has 1 fully saturated rings. The lowest BCUT2D eigenvalue weighted by atomic mass is 9.83. The van der Waals surface area contributed by atoms with Crippen molar-refractivity contribution in [3.8, 4) is 0 Å². The lowest BCUT2D eigenvalue weighted by Gasteiger charge is -2.33. The first-order chi connectivity index (χ1) is 10.4. The summed E-state index contributed by atoms with van der Waals surface area (Å²) in [7, 11) is 0. The van der Waals surface area contributed by atoms with Gasteiger partial charge < -0.3 is 15.0 Å². The van der Waals surface area contributed by atoms with Crippen LogP contribution in [0.2, 0.25) is 0 Å². The van der Waals surface area contributed by atoms with Gasteiger partial charge in [-0.25, -0.2) is 4.79 Å². The maximum absolute atomic E-state index is 12.2. The molecule has 1 saturated carbocycles. The minimum atomic E-state index is -0.423. The lowest BCUT2D eigenvalue weighted by Crippen LogP contribution is -2.45. The predicted molar refractivity (Wildman–Crippen MR) is 92.1 cm³/mol. The Morgan fingerprint density at radius 2 is 1.86 bits per heavy atom. The molecule has 1 amide bonds. The number of carbonyl (C=O) groups excluding carboxylic acids is 1. The highest BCUT2D eigenvalue weighted by molar-refractivity contribution is 5.68. The molecule has 0 saturated heterocycles. The van der Waals surface area contributed by atoms with Crippen molar-refractivity contribution >= 4 is 6.09 Å². The summed E-state index contributed by atoms with van der Waals surface area (Å²) in [5.74, 6) is 0.801. The van der Waals surface area contributed by atoms with Gasteiger partial charge in [-0.15, -0.1) is 0 Å². The molecule has 1 aliphatic rings. The first kappa shape index (κ1) is 19.3. The maximum atomic E-state index is 12.2. The average molecular weight is 312 g/mol. The van der Waals surface area contributed by atoms with Crippen LogP contribution in [-0.4, -0.2) is 42.3 Å². The molecule has 0 spiro atoms. The minimum absolute atomic E-state index is 0.188. The third-order valence-electron chi connectivity index (χ3n) is 4.37. The van der Waals surface area contributed by atoms with E-state index in [1.54, 1.807) is 0 Å². The van der Waals surface area contributed by atoms with Crippen LogP contribution in [-0.2, 0) is 4.74 Å². The van der Waals surface area contributed by atoms with Gasteiger partial charge in [0.05, 0.1) is 0 Å². The number of nitrogens with one attached hydrogen (secondary N) is 1. The third kappa shape index (κ3) is 6.99. The van der Waals surface area contributed by atoms with Crippen LogP contribution in [0.15, 0.2) is 0 Å². The highest BCUT2D eigenvalue weighted by Gasteiger charge is 2.24. The van der Waals surface area contributed by atoms with Gasteiger partial charge in [0.15, 0.2) is 0 Å². The molecular weight excluding hydrogens is 276 g/mol. The molecule has 2 unspecified atom stereocenters. The number of ether oxygens (including phenoxy) is 1. The molecule has 0 radical (unpaired) electrons. The Bertz CT molecular complexity index is 326. The van der Waals surface area contributed by atoms with Gasteiger partial charge in [0.25, 0.3) is 0 Å². The molecule has 1 rings (SSSR count). The largest absolute Gasteiger partial charge is 0.444 e. The van der Waals surface area contributed by atoms with Crippen molar-refractivity contribution in [1.29, 1.82) is 0 Å². The molecule has 1 aliphatic carbocycles. The van der Waals surface area contributed by atoms with Gasteiger partial charge in [0, 0.05) is 25.7 Å². The molecule has 1 N–H and O–H groups in total. The number of hydrogen-bond donors (Lipinski definition) is 1. The van der Waals surface area contributed by atoms with Gasteiger partial charge in [-0.2, -0.15) is 0 Å². The van der Waals surface area contributed by atoms with Gasteiger partial charge in [0.1, 0.15) is 5.60 Å². The Hall–Kier alpha value is -0.770. The van der Waals surface area contributed by atoms with Crippen molar-refractivity contribution in [2.24, 2.45) is 5.92 Å². The third-order valence-corrected chi connectivity index (χ3v) is 4.37. The fourth-order valence-electron chi connectivity index (χ4n) is 3.24. The van der Waals surface area contributed by atoms with E-state index in [1.165, 1.54) is 32.1 Å². The standard InChI is InChI=1S/C18H36N2O2/c1-6-13-20(17(21)22-18(3,4)5)14-12-19-16-11-9-8-10-15(16)7-2/h15-16,19H,6-14H2,1-5H3. The molecular formula is C18H36N2O2. The summed E-state index contributed by atoms with van der Waals surface area (Å²) >= 11 is 0. The van der Waals surface area contributed by atoms with E-state index < -0.39 is 5.60 Å². The molecule has 4 nitrogen and oxygen atoms in total. The second-order valence-corrected chi connectivity index (χ2v) is 7.48. The zero-order valence-corrected chi connectivity index (χ0v) is 15.3. The van der Waals surface area contributed by atoms with E-state index in [2.05, 4.69) is 19.2 Å². The molecule has 2 atom stereocenters. The van der Waals surface area contributed by atoms with Crippen LogP contribution < -0.4 is 5.32 Å². The highest BCUT2D eigenvalue weighted by atomic mass is 16.6. The molecule has 22 heavy (non-hydrogen) atoms. The van der Waals surface area contributed by atoms with E-state index in [4.69, 9.17) is 4.74 Å². The Labute approximate surface area is 137 Å². The van der Waals surface area contributed by atoms with E-state index in [1.807, 2.05) is 25.7 Å². The monoisotopic (exact) mass is 312 g/mol. The highest BCUT2D eigenvalue weighted by Crippen LogP contribution is 2.26. The van der Waals surface area contributed by atoms with Crippen molar-refractivity contribution in [2.75, 3.05) is 19.6 Å². The minimum Gasteiger partial charge on any atom is -0.444 e. The van der Waals surface area contributed by atoms with Crippen molar-refractivity contribution in [3.63, 3.8) is 0 Å². The van der Waals surface area contributed by atoms with Gasteiger partial charge in [0.2, 0.25) is 0 Å². The van der Waals surface area contributed by atoms with E-state index >= 15 is 0 Å². The maximum Gasteiger partial charge on any atom is 0.410 e. The van der Waals surface area contributed by atoms with Crippen LogP contribution in [0, 0.1) is 5.92 Å². The summed E-state index contributed by atoms with van der Waals surface area (Å²) < 4.78 is 5.50. The smallest absolute Gasteiger partial charge is 0.410 e. The van der Waals surface area contributed by atoms with Gasteiger partial charge >= 0.3 is 6.09 Å². The van der Waals surface area contributed by atoms with E-state index in [9.17, 15) is 4.79 Å². The Kier molecular flexibility index (Phi) is 8.23. The van der Waals surface area contributed by atoms with Crippen molar-refractivity contribution < 1.29 is 9.53 Å². The first-order valence-corrected chi connectivity index (χ1v) is 9.08. The Morgan fingerprint density at radius 1 is 1.18 bits per heavy atom. The molecule has 0 aromatic heterocycles. The SMILES string of the molecule is CCCN(CCNC1CCCCC1CC)C(=O)OC(C)(C)C. The van der Waals surface area contributed by atoms with Crippen LogP contribution in [0.5, 0.6) is 0 Å². The molecule has 0 aliphatic heterocycles. The number of rotatable bonds is 7. The Morgan fingerprint density at radius 3 is 2.45 bits per heavy atom. The Balaban J connectivity index is 2.41. The van der Waals surface area contributed by atoms with Gasteiger partial charge in [-0.3, -0.25) is 0 Å². The number of carbonyl (C=O) groups is 1. The molecule has 0 aromatic carbocycles. The first-order valence-electron chi connectivity index (χ1n) is 9.08. The van der Waals surface area contributed by atoms with Crippen LogP contribution in [0.4, 0.5) is 4.79 Å². The summed E-state index contributed by atoms with van der Waals surface area (Å²) in [5, 5.41) is 3.68. The van der Waals surface area contributed by atoms with Gasteiger partial charge in [-0.05, 0) is 46.0 Å². The van der Waals surface area contributed by atoms with Crippen LogP contribution in [0.25, 0.3) is 0 Å². The van der Waals surface area contributed by atoms with Crippen LogP contribution in [0.3, 0.4) is 0 Å². The number of nitrogens with zero attached hydrogens (tertiary/aromatic N) is 1. The van der Waals surface area contributed by atoms with E-state index in [0.717, 1.165) is 32.0 Å². The molecule has 4 heteroatoms. The molecule has 0 aromatic rings. The second kappa shape index (κ2) is 9.39. The summed E-state index contributed by atoms with van der Waals surface area (Å²) in [6, 6.07) is 0.626. The lowest BCUT2D eigenvalue weighted by molar-refractivity contribution is 0.0249. The fourth-order valence-corrected chi connectivity index (χ4v) is 3.24. The zero-order valence-electron chi connectivity index (χ0n) is 15.3. The second-order valence-electron chi connectivity index (χ2n) is 7.48. The normalized spacial score (nSPS) is 22.4. The summed E-state index contributed by atoms with van der Waals surface area (Å²) in [4.78, 5) is 14.1. The van der Waals surface area contributed by atoms with Gasteiger partial charge in [-0.1, -0.05) is 33.1 Å². The summed E-state index contributed by atoms with van der Waals surface area (Å²) in [6.07, 6.45) is 7.35. The predicted octanol–water partition coefficient (Wildman–Crippen LogP) is 4.19. The number of hydrogen-bond acceptors (Lipinski definition) is 3. The molecule has 0 heterocycles. The van der Waals surface area contributed by atoms with Crippen LogP contribution >= 0.6 is 0 Å². The zero-order chi connectivity index (χ0) is 16.6. The summed E-state index contributed by atoms with van der Waals surface area (Å²) in [5.41, 5.74) is -0.423. The molecule has 130 valence electrons. The van der Waals surface area contributed by atoms with E-state index in [0.29, 0.717) is 6.04 Å². The quantitative estimate of drug-likeness (QED) is 0.766.